The van der Waals surface area contributed by atoms with Crippen molar-refractivity contribution in [3.63, 3.8) is 0 Å². The van der Waals surface area contributed by atoms with Gasteiger partial charge in [-0.15, -0.1) is 0 Å². The van der Waals surface area contributed by atoms with Crippen molar-refractivity contribution >= 4 is 0 Å². The summed E-state index contributed by atoms with van der Waals surface area (Å²) < 4.78 is 0. The van der Waals surface area contributed by atoms with E-state index in [9.17, 15) is 5.11 Å². The standard InChI is InChI=1S/C9H19NO/c1-3-10-6-4-8(2)9(11)5-7-10/h8-9,11H,3-7H2,1-2H3. The van der Waals surface area contributed by atoms with Crippen molar-refractivity contribution < 1.29 is 5.11 Å². The van der Waals surface area contributed by atoms with Crippen molar-refractivity contribution in [3.05, 3.63) is 0 Å². The summed E-state index contributed by atoms with van der Waals surface area (Å²) >= 11 is 0. The monoisotopic (exact) mass is 157 g/mol. The van der Waals surface area contributed by atoms with Crippen LogP contribution in [0.2, 0.25) is 0 Å². The molecule has 0 bridgehead atoms. The summed E-state index contributed by atoms with van der Waals surface area (Å²) in [5, 5.41) is 9.54. The molecule has 1 aliphatic heterocycles. The van der Waals surface area contributed by atoms with Gasteiger partial charge >= 0.3 is 0 Å². The maximum atomic E-state index is 9.54. The van der Waals surface area contributed by atoms with Crippen LogP contribution in [-0.2, 0) is 0 Å². The van der Waals surface area contributed by atoms with Crippen molar-refractivity contribution in [2.24, 2.45) is 5.92 Å². The van der Waals surface area contributed by atoms with E-state index in [0.29, 0.717) is 5.92 Å². The molecular formula is C9H19NO. The number of hydrogen-bond donors (Lipinski definition) is 1. The Morgan fingerprint density at radius 2 is 2.00 bits per heavy atom. The zero-order valence-electron chi connectivity index (χ0n) is 7.58. The van der Waals surface area contributed by atoms with Crippen LogP contribution in [0.3, 0.4) is 0 Å². The number of aliphatic hydroxyl groups is 1. The average molecular weight is 157 g/mol. The number of hydrogen-bond acceptors (Lipinski definition) is 2. The Labute approximate surface area is 69.2 Å². The van der Waals surface area contributed by atoms with Crippen molar-refractivity contribution in [2.45, 2.75) is 32.8 Å². The molecule has 0 spiro atoms. The van der Waals surface area contributed by atoms with Gasteiger partial charge in [0, 0.05) is 6.54 Å². The van der Waals surface area contributed by atoms with E-state index < -0.39 is 0 Å². The fourth-order valence-corrected chi connectivity index (χ4v) is 1.61. The highest BCUT2D eigenvalue weighted by molar-refractivity contribution is 4.73. The lowest BCUT2D eigenvalue weighted by Gasteiger charge is -2.16. The lowest BCUT2D eigenvalue weighted by atomic mass is 10.0. The molecule has 66 valence electrons. The van der Waals surface area contributed by atoms with E-state index in [1.165, 1.54) is 0 Å². The summed E-state index contributed by atoms with van der Waals surface area (Å²) in [5.74, 6) is 0.492. The maximum Gasteiger partial charge on any atom is 0.0578 e. The molecule has 1 rings (SSSR count). The molecule has 0 aromatic rings. The van der Waals surface area contributed by atoms with Gasteiger partial charge in [-0.3, -0.25) is 0 Å². The molecule has 2 unspecified atom stereocenters. The van der Waals surface area contributed by atoms with E-state index >= 15 is 0 Å². The molecule has 1 N–H and O–H groups in total. The normalized spacial score (nSPS) is 35.2. The third kappa shape index (κ3) is 2.46. The third-order valence-electron chi connectivity index (χ3n) is 2.75. The Kier molecular flexibility index (Phi) is 3.34. The first-order valence-corrected chi connectivity index (χ1v) is 4.64. The molecule has 2 nitrogen and oxygen atoms in total. The highest BCUT2D eigenvalue weighted by Crippen LogP contribution is 2.16. The smallest absolute Gasteiger partial charge is 0.0578 e. The van der Waals surface area contributed by atoms with Gasteiger partial charge in [-0.25, -0.2) is 0 Å². The minimum atomic E-state index is -0.0634. The van der Waals surface area contributed by atoms with Gasteiger partial charge < -0.3 is 10.0 Å². The zero-order valence-corrected chi connectivity index (χ0v) is 7.58. The molecule has 2 heteroatoms. The second kappa shape index (κ2) is 4.07. The molecular weight excluding hydrogens is 138 g/mol. The lowest BCUT2D eigenvalue weighted by Crippen LogP contribution is -2.24. The average Bonchev–Trinajstić information content (AvgIpc) is 2.16. The highest BCUT2D eigenvalue weighted by Gasteiger charge is 2.19. The molecule has 0 aromatic carbocycles. The van der Waals surface area contributed by atoms with Crippen LogP contribution >= 0.6 is 0 Å². The number of likely N-dealkylation sites (tertiary alicyclic amines) is 1. The second-order valence-corrected chi connectivity index (χ2v) is 3.56. The van der Waals surface area contributed by atoms with Crippen LogP contribution < -0.4 is 0 Å². The van der Waals surface area contributed by atoms with Crippen LogP contribution in [0.25, 0.3) is 0 Å². The van der Waals surface area contributed by atoms with E-state index in [1.54, 1.807) is 0 Å². The summed E-state index contributed by atoms with van der Waals surface area (Å²) in [6, 6.07) is 0. The fraction of sp³-hybridized carbons (Fsp3) is 1.00. The Morgan fingerprint density at radius 3 is 2.64 bits per heavy atom. The molecule has 0 aromatic heterocycles. The van der Waals surface area contributed by atoms with Crippen molar-refractivity contribution in [3.8, 4) is 0 Å². The van der Waals surface area contributed by atoms with E-state index in [0.717, 1.165) is 32.5 Å². The number of aliphatic hydroxyl groups excluding tert-OH is 1. The van der Waals surface area contributed by atoms with Gasteiger partial charge in [-0.1, -0.05) is 13.8 Å². The van der Waals surface area contributed by atoms with Crippen LogP contribution in [0, 0.1) is 5.92 Å². The van der Waals surface area contributed by atoms with Crippen LogP contribution in [-0.4, -0.2) is 35.7 Å². The van der Waals surface area contributed by atoms with Crippen LogP contribution in [0.4, 0.5) is 0 Å². The SMILES string of the molecule is CCN1CCC(C)C(O)CC1. The van der Waals surface area contributed by atoms with E-state index in [1.807, 2.05) is 0 Å². The molecule has 1 saturated heterocycles. The fourth-order valence-electron chi connectivity index (χ4n) is 1.61. The molecule has 1 heterocycles. The predicted molar refractivity (Wildman–Crippen MR) is 46.5 cm³/mol. The Balaban J connectivity index is 2.38. The van der Waals surface area contributed by atoms with Gasteiger partial charge in [0.05, 0.1) is 6.10 Å². The van der Waals surface area contributed by atoms with Gasteiger partial charge in [0.15, 0.2) is 0 Å². The van der Waals surface area contributed by atoms with Gasteiger partial charge in [-0.05, 0) is 31.8 Å². The Hall–Kier alpha value is -0.0800. The summed E-state index contributed by atoms with van der Waals surface area (Å²) in [6.45, 7) is 7.68. The summed E-state index contributed by atoms with van der Waals surface area (Å²) in [6.07, 6.45) is 2.04. The van der Waals surface area contributed by atoms with Crippen molar-refractivity contribution in [1.29, 1.82) is 0 Å². The first-order chi connectivity index (χ1) is 5.24. The summed E-state index contributed by atoms with van der Waals surface area (Å²) in [7, 11) is 0. The van der Waals surface area contributed by atoms with Gasteiger partial charge in [0.2, 0.25) is 0 Å². The van der Waals surface area contributed by atoms with Crippen LogP contribution in [0.5, 0.6) is 0 Å². The molecule has 1 aliphatic rings. The van der Waals surface area contributed by atoms with E-state index in [-0.39, 0.29) is 6.10 Å². The molecule has 11 heavy (non-hydrogen) atoms. The summed E-state index contributed by atoms with van der Waals surface area (Å²) in [5.41, 5.74) is 0. The van der Waals surface area contributed by atoms with E-state index in [2.05, 4.69) is 18.7 Å². The largest absolute Gasteiger partial charge is 0.393 e. The van der Waals surface area contributed by atoms with E-state index in [4.69, 9.17) is 0 Å². The summed E-state index contributed by atoms with van der Waals surface area (Å²) in [4.78, 5) is 2.41. The zero-order chi connectivity index (χ0) is 8.27. The quantitative estimate of drug-likeness (QED) is 0.616. The molecule has 0 amide bonds. The minimum Gasteiger partial charge on any atom is -0.393 e. The maximum absolute atomic E-state index is 9.54. The number of nitrogens with zero attached hydrogens (tertiary/aromatic N) is 1. The molecule has 0 aliphatic carbocycles. The highest BCUT2D eigenvalue weighted by atomic mass is 16.3. The van der Waals surface area contributed by atoms with Gasteiger partial charge in [-0.2, -0.15) is 0 Å². The van der Waals surface area contributed by atoms with Crippen molar-refractivity contribution in [1.82, 2.24) is 4.90 Å². The van der Waals surface area contributed by atoms with Crippen LogP contribution in [0.15, 0.2) is 0 Å². The Morgan fingerprint density at radius 1 is 1.36 bits per heavy atom. The predicted octanol–water partition coefficient (Wildman–Crippen LogP) is 1.10. The molecule has 1 fully saturated rings. The second-order valence-electron chi connectivity index (χ2n) is 3.56. The number of rotatable bonds is 1. The minimum absolute atomic E-state index is 0.0634. The lowest BCUT2D eigenvalue weighted by molar-refractivity contribution is 0.112. The first-order valence-electron chi connectivity index (χ1n) is 4.64. The van der Waals surface area contributed by atoms with Gasteiger partial charge in [0.25, 0.3) is 0 Å². The van der Waals surface area contributed by atoms with Crippen molar-refractivity contribution in [2.75, 3.05) is 19.6 Å². The Bertz CT molecular complexity index is 104. The molecule has 2 atom stereocenters. The van der Waals surface area contributed by atoms with Crippen LogP contribution in [0.1, 0.15) is 26.7 Å². The van der Waals surface area contributed by atoms with Gasteiger partial charge in [0.1, 0.15) is 0 Å². The third-order valence-corrected chi connectivity index (χ3v) is 2.75. The molecule has 0 saturated carbocycles. The first kappa shape index (κ1) is 9.01. The molecule has 0 radical (unpaired) electrons. The topological polar surface area (TPSA) is 23.5 Å².